The third-order valence-electron chi connectivity index (χ3n) is 1.54. The number of aliphatic hydroxyl groups excluding tert-OH is 1. The summed E-state index contributed by atoms with van der Waals surface area (Å²) in [5.74, 6) is 0.796. The van der Waals surface area contributed by atoms with Crippen molar-refractivity contribution >= 4 is 10.8 Å². The molecule has 0 aliphatic rings. The van der Waals surface area contributed by atoms with Gasteiger partial charge < -0.3 is 10.4 Å². The molecule has 7 heteroatoms. The molecule has 0 aliphatic carbocycles. The maximum atomic E-state index is 11.8. The second-order valence-electron chi connectivity index (χ2n) is 2.69. The Morgan fingerprint density at radius 3 is 2.50 bits per heavy atom. The van der Waals surface area contributed by atoms with E-state index in [0.29, 0.717) is 11.5 Å². The summed E-state index contributed by atoms with van der Waals surface area (Å²) in [6.45, 7) is 1.40. The molecule has 0 heterocycles. The van der Waals surface area contributed by atoms with E-state index in [1.165, 1.54) is 0 Å². The second-order valence-corrected chi connectivity index (χ2v) is 4.56. The van der Waals surface area contributed by atoms with E-state index in [4.69, 9.17) is 5.11 Å². The van der Waals surface area contributed by atoms with Crippen LogP contribution < -0.4 is 5.32 Å². The van der Waals surface area contributed by atoms with Gasteiger partial charge in [-0.3, -0.25) is 4.21 Å². The molecule has 0 radical (unpaired) electrons. The van der Waals surface area contributed by atoms with E-state index in [9.17, 15) is 17.4 Å². The van der Waals surface area contributed by atoms with Crippen molar-refractivity contribution in [2.45, 2.75) is 19.2 Å². The number of rotatable bonds is 6. The van der Waals surface area contributed by atoms with Crippen LogP contribution in [0.15, 0.2) is 0 Å². The number of hydrogen-bond donors (Lipinski definition) is 2. The van der Waals surface area contributed by atoms with Crippen molar-refractivity contribution in [2.75, 3.05) is 24.6 Å². The molecule has 0 saturated heterocycles. The van der Waals surface area contributed by atoms with Crippen molar-refractivity contribution < 1.29 is 22.5 Å². The maximum Gasteiger partial charge on any atom is 0.415 e. The predicted molar refractivity (Wildman–Crippen MR) is 48.5 cm³/mol. The third kappa shape index (κ3) is 6.33. The van der Waals surface area contributed by atoms with Crippen LogP contribution in [0.3, 0.4) is 0 Å². The van der Waals surface area contributed by atoms with E-state index >= 15 is 0 Å². The average Bonchev–Trinajstić information content (AvgIpc) is 2.09. The predicted octanol–water partition coefficient (Wildman–Crippen LogP) is 0.268. The summed E-state index contributed by atoms with van der Waals surface area (Å²) < 4.78 is 46.1. The van der Waals surface area contributed by atoms with E-state index in [0.717, 1.165) is 0 Å². The second kappa shape index (κ2) is 6.36. The van der Waals surface area contributed by atoms with Gasteiger partial charge in [0.15, 0.2) is 6.10 Å². The molecule has 0 fully saturated rings. The van der Waals surface area contributed by atoms with Crippen molar-refractivity contribution in [1.29, 1.82) is 0 Å². The fraction of sp³-hybridized carbons (Fsp3) is 1.00. The van der Waals surface area contributed by atoms with Crippen molar-refractivity contribution in [2.24, 2.45) is 0 Å². The van der Waals surface area contributed by atoms with Gasteiger partial charge in [-0.1, -0.05) is 6.92 Å². The van der Waals surface area contributed by atoms with Gasteiger partial charge in [-0.05, 0) is 0 Å². The minimum Gasteiger partial charge on any atom is -0.382 e. The summed E-state index contributed by atoms with van der Waals surface area (Å²) in [7, 11) is -0.988. The molecule has 2 N–H and O–H groups in total. The van der Waals surface area contributed by atoms with Crippen LogP contribution in [0.25, 0.3) is 0 Å². The van der Waals surface area contributed by atoms with Crippen LogP contribution in [0.1, 0.15) is 6.92 Å². The lowest BCUT2D eigenvalue weighted by molar-refractivity contribution is -0.201. The zero-order valence-corrected chi connectivity index (χ0v) is 8.62. The Balaban J connectivity index is 3.50. The highest BCUT2D eigenvalue weighted by Crippen LogP contribution is 2.18. The molecular weight excluding hydrogens is 219 g/mol. The average molecular weight is 233 g/mol. The van der Waals surface area contributed by atoms with Gasteiger partial charge in [0, 0.05) is 35.4 Å². The molecular formula is C7H14F3NO2S. The first-order chi connectivity index (χ1) is 6.38. The first-order valence-corrected chi connectivity index (χ1v) is 5.67. The molecule has 3 nitrogen and oxygen atoms in total. The van der Waals surface area contributed by atoms with Crippen LogP contribution in [0.4, 0.5) is 13.2 Å². The summed E-state index contributed by atoms with van der Waals surface area (Å²) in [6, 6.07) is 0. The Hall–Kier alpha value is -0.140. The van der Waals surface area contributed by atoms with Crippen LogP contribution >= 0.6 is 0 Å². The van der Waals surface area contributed by atoms with E-state index in [2.05, 4.69) is 5.32 Å². The van der Waals surface area contributed by atoms with Gasteiger partial charge in [-0.15, -0.1) is 0 Å². The molecule has 0 bridgehead atoms. The maximum absolute atomic E-state index is 11.8. The van der Waals surface area contributed by atoms with Gasteiger partial charge in [0.05, 0.1) is 0 Å². The van der Waals surface area contributed by atoms with Gasteiger partial charge in [0.1, 0.15) is 0 Å². The van der Waals surface area contributed by atoms with Crippen LogP contribution in [0, 0.1) is 0 Å². The molecule has 0 aromatic carbocycles. The molecule has 0 aromatic heterocycles. The quantitative estimate of drug-likeness (QED) is 0.647. The number of halogens is 3. The Morgan fingerprint density at radius 2 is 2.07 bits per heavy atom. The van der Waals surface area contributed by atoms with Crippen molar-refractivity contribution in [1.82, 2.24) is 5.32 Å². The fourth-order valence-electron chi connectivity index (χ4n) is 0.685. The van der Waals surface area contributed by atoms with E-state index in [-0.39, 0.29) is 6.54 Å². The molecule has 2 atom stereocenters. The lowest BCUT2D eigenvalue weighted by Gasteiger charge is -2.14. The van der Waals surface area contributed by atoms with Crippen LogP contribution in [-0.2, 0) is 10.8 Å². The molecule has 0 aromatic rings. The number of nitrogens with one attached hydrogen (secondary N) is 1. The summed E-state index contributed by atoms with van der Waals surface area (Å²) in [4.78, 5) is 0. The largest absolute Gasteiger partial charge is 0.415 e. The molecule has 2 unspecified atom stereocenters. The van der Waals surface area contributed by atoms with Crippen molar-refractivity contribution in [3.63, 3.8) is 0 Å². The summed E-state index contributed by atoms with van der Waals surface area (Å²) >= 11 is 0. The van der Waals surface area contributed by atoms with Crippen molar-refractivity contribution in [3.05, 3.63) is 0 Å². The van der Waals surface area contributed by atoms with Gasteiger partial charge in [-0.2, -0.15) is 13.2 Å². The summed E-state index contributed by atoms with van der Waals surface area (Å²) in [5.41, 5.74) is 0. The molecule has 0 amide bonds. The van der Waals surface area contributed by atoms with E-state index in [1.54, 1.807) is 6.92 Å². The van der Waals surface area contributed by atoms with E-state index < -0.39 is 29.6 Å². The van der Waals surface area contributed by atoms with Gasteiger partial charge >= 0.3 is 6.18 Å². The fourth-order valence-corrected chi connectivity index (χ4v) is 1.35. The molecule has 86 valence electrons. The van der Waals surface area contributed by atoms with Crippen LogP contribution in [0.2, 0.25) is 0 Å². The topological polar surface area (TPSA) is 49.3 Å². The van der Waals surface area contributed by atoms with Crippen molar-refractivity contribution in [3.8, 4) is 0 Å². The highest BCUT2D eigenvalue weighted by Gasteiger charge is 2.37. The normalized spacial score (nSPS) is 16.6. The zero-order chi connectivity index (χ0) is 11.2. The third-order valence-corrected chi connectivity index (χ3v) is 2.85. The highest BCUT2D eigenvalue weighted by atomic mass is 32.2. The first kappa shape index (κ1) is 13.9. The SMILES string of the molecule is CCS(=O)CCNCC(O)C(F)(F)F. The Kier molecular flexibility index (Phi) is 6.30. The van der Waals surface area contributed by atoms with Gasteiger partial charge in [0.2, 0.25) is 0 Å². The first-order valence-electron chi connectivity index (χ1n) is 4.18. The summed E-state index contributed by atoms with van der Waals surface area (Å²) in [6.07, 6.45) is -6.94. The van der Waals surface area contributed by atoms with E-state index in [1.807, 2.05) is 0 Å². The molecule has 14 heavy (non-hydrogen) atoms. The Labute approximate surface area is 83.1 Å². The zero-order valence-electron chi connectivity index (χ0n) is 7.80. The molecule has 0 saturated carbocycles. The standard InChI is InChI=1S/C7H14F3NO2S/c1-2-14(13)4-3-11-5-6(12)7(8,9)10/h6,11-12H,2-5H2,1H3. The lowest BCUT2D eigenvalue weighted by Crippen LogP contribution is -2.39. The minimum atomic E-state index is -4.59. The number of aliphatic hydroxyl groups is 1. The van der Waals surface area contributed by atoms with Crippen LogP contribution in [-0.4, -0.2) is 46.2 Å². The summed E-state index contributed by atoms with van der Waals surface area (Å²) in [5, 5.41) is 10.9. The number of alkyl halides is 3. The molecule has 0 rings (SSSR count). The van der Waals surface area contributed by atoms with Gasteiger partial charge in [0.25, 0.3) is 0 Å². The van der Waals surface area contributed by atoms with Gasteiger partial charge in [-0.25, -0.2) is 0 Å². The van der Waals surface area contributed by atoms with Crippen LogP contribution in [0.5, 0.6) is 0 Å². The molecule has 0 aliphatic heterocycles. The number of hydrogen-bond acceptors (Lipinski definition) is 3. The Bertz CT molecular complexity index is 186. The highest BCUT2D eigenvalue weighted by molar-refractivity contribution is 7.84. The Morgan fingerprint density at radius 1 is 1.50 bits per heavy atom. The smallest absolute Gasteiger partial charge is 0.382 e. The monoisotopic (exact) mass is 233 g/mol. The lowest BCUT2D eigenvalue weighted by atomic mass is 10.3. The molecule has 0 spiro atoms. The minimum absolute atomic E-state index is 0.216.